The van der Waals surface area contributed by atoms with Gasteiger partial charge in [-0.1, -0.05) is 31.4 Å². The fourth-order valence-corrected chi connectivity index (χ4v) is 2.74. The van der Waals surface area contributed by atoms with Crippen LogP contribution in [0.1, 0.15) is 42.5 Å². The van der Waals surface area contributed by atoms with E-state index in [0.29, 0.717) is 0 Å². The molecule has 0 heterocycles. The summed E-state index contributed by atoms with van der Waals surface area (Å²) in [6, 6.07) is 6.17. The molecule has 104 valence electrons. The van der Waals surface area contributed by atoms with E-state index >= 15 is 0 Å². The van der Waals surface area contributed by atoms with E-state index in [1.807, 2.05) is 0 Å². The normalized spacial score (nSPS) is 16.3. The number of rotatable bonds is 4. The van der Waals surface area contributed by atoms with Crippen LogP contribution >= 0.6 is 0 Å². The third-order valence-corrected chi connectivity index (χ3v) is 3.72. The lowest BCUT2D eigenvalue weighted by Crippen LogP contribution is -2.43. The maximum atomic E-state index is 13.7. The minimum Gasteiger partial charge on any atom is -0.395 e. The van der Waals surface area contributed by atoms with E-state index in [0.717, 1.165) is 25.7 Å². The van der Waals surface area contributed by atoms with Crippen molar-refractivity contribution in [3.8, 4) is 0 Å². The lowest BCUT2D eigenvalue weighted by Gasteiger charge is -2.34. The molecule has 3 nitrogen and oxygen atoms in total. The molecule has 1 aromatic rings. The number of hydrogen-bond donors (Lipinski definition) is 1. The number of nitrogens with zero attached hydrogens (tertiary/aromatic N) is 1. The van der Waals surface area contributed by atoms with Crippen LogP contribution in [0, 0.1) is 5.82 Å². The van der Waals surface area contributed by atoms with Gasteiger partial charge >= 0.3 is 0 Å². The molecule has 0 radical (unpaired) electrons. The molecule has 2 rings (SSSR count). The molecule has 0 bridgehead atoms. The Morgan fingerprint density at radius 3 is 2.58 bits per heavy atom. The molecule has 1 fully saturated rings. The average molecular weight is 265 g/mol. The van der Waals surface area contributed by atoms with Crippen molar-refractivity contribution in [3.63, 3.8) is 0 Å². The summed E-state index contributed by atoms with van der Waals surface area (Å²) >= 11 is 0. The van der Waals surface area contributed by atoms with Crippen LogP contribution in [0.25, 0.3) is 0 Å². The second-order valence-corrected chi connectivity index (χ2v) is 4.99. The molecule has 0 saturated heterocycles. The van der Waals surface area contributed by atoms with E-state index in [-0.39, 0.29) is 30.7 Å². The highest BCUT2D eigenvalue weighted by Gasteiger charge is 2.27. The first-order valence-electron chi connectivity index (χ1n) is 6.90. The van der Waals surface area contributed by atoms with Crippen molar-refractivity contribution in [3.05, 3.63) is 35.6 Å². The number of carbonyl (C=O) groups excluding carboxylic acids is 1. The van der Waals surface area contributed by atoms with Gasteiger partial charge in [0.1, 0.15) is 5.82 Å². The van der Waals surface area contributed by atoms with Crippen molar-refractivity contribution in [1.82, 2.24) is 4.90 Å². The van der Waals surface area contributed by atoms with E-state index in [1.165, 1.54) is 18.6 Å². The van der Waals surface area contributed by atoms with E-state index in [9.17, 15) is 9.18 Å². The number of amides is 1. The third kappa shape index (κ3) is 3.32. The Morgan fingerprint density at radius 1 is 1.26 bits per heavy atom. The van der Waals surface area contributed by atoms with Gasteiger partial charge in [0, 0.05) is 12.6 Å². The monoisotopic (exact) mass is 265 g/mol. The number of hydrogen-bond acceptors (Lipinski definition) is 2. The Balaban J connectivity index is 2.18. The number of carbonyl (C=O) groups is 1. The van der Waals surface area contributed by atoms with Crippen LogP contribution in [0.4, 0.5) is 4.39 Å². The number of halogens is 1. The number of aliphatic hydroxyl groups is 1. The van der Waals surface area contributed by atoms with Crippen LogP contribution in [0.15, 0.2) is 24.3 Å². The maximum absolute atomic E-state index is 13.7. The molecule has 0 spiro atoms. The number of aliphatic hydroxyl groups excluding tert-OH is 1. The fraction of sp³-hybridized carbons (Fsp3) is 0.533. The molecule has 1 amide bonds. The fourth-order valence-electron chi connectivity index (χ4n) is 2.74. The highest BCUT2D eigenvalue weighted by Crippen LogP contribution is 2.24. The molecule has 1 aromatic carbocycles. The summed E-state index contributed by atoms with van der Waals surface area (Å²) in [5, 5.41) is 9.14. The zero-order valence-corrected chi connectivity index (χ0v) is 11.0. The molecule has 0 aromatic heterocycles. The van der Waals surface area contributed by atoms with Gasteiger partial charge in [-0.15, -0.1) is 0 Å². The quantitative estimate of drug-likeness (QED) is 0.909. The molecule has 4 heteroatoms. The summed E-state index contributed by atoms with van der Waals surface area (Å²) < 4.78 is 13.7. The van der Waals surface area contributed by atoms with E-state index in [4.69, 9.17) is 5.11 Å². The summed E-state index contributed by atoms with van der Waals surface area (Å²) in [5.41, 5.74) is 0.0986. The summed E-state index contributed by atoms with van der Waals surface area (Å²) in [5.74, 6) is -0.801. The molecule has 1 aliphatic rings. The molecule has 0 aliphatic heterocycles. The van der Waals surface area contributed by atoms with Gasteiger partial charge in [-0.05, 0) is 25.0 Å². The van der Waals surface area contributed by atoms with Crippen molar-refractivity contribution in [1.29, 1.82) is 0 Å². The lowest BCUT2D eigenvalue weighted by atomic mass is 9.93. The minimum absolute atomic E-state index is 0.0866. The summed E-state index contributed by atoms with van der Waals surface area (Å²) in [4.78, 5) is 14.1. The topological polar surface area (TPSA) is 40.5 Å². The Morgan fingerprint density at radius 2 is 1.95 bits per heavy atom. The highest BCUT2D eigenvalue weighted by molar-refractivity contribution is 5.94. The molecule has 1 N–H and O–H groups in total. The second kappa shape index (κ2) is 6.66. The van der Waals surface area contributed by atoms with Gasteiger partial charge in [0.2, 0.25) is 0 Å². The Labute approximate surface area is 113 Å². The van der Waals surface area contributed by atoms with Crippen molar-refractivity contribution < 1.29 is 14.3 Å². The van der Waals surface area contributed by atoms with E-state index in [1.54, 1.807) is 17.0 Å². The van der Waals surface area contributed by atoms with Gasteiger partial charge in [0.05, 0.1) is 12.2 Å². The second-order valence-electron chi connectivity index (χ2n) is 4.99. The zero-order valence-electron chi connectivity index (χ0n) is 11.0. The first-order valence-corrected chi connectivity index (χ1v) is 6.90. The summed E-state index contributed by atoms with van der Waals surface area (Å²) in [6.45, 7) is 0.189. The Bertz CT molecular complexity index is 430. The first kappa shape index (κ1) is 14.0. The first-order chi connectivity index (χ1) is 9.24. The standard InChI is InChI=1S/C15H20FNO2/c16-14-9-5-4-8-13(14)15(19)17(10-11-18)12-6-2-1-3-7-12/h4-5,8-9,12,18H,1-3,6-7,10-11H2. The summed E-state index contributed by atoms with van der Waals surface area (Å²) in [6.07, 6.45) is 5.27. The molecule has 1 aliphatic carbocycles. The van der Waals surface area contributed by atoms with E-state index < -0.39 is 5.82 Å². The maximum Gasteiger partial charge on any atom is 0.257 e. The molecular formula is C15H20FNO2. The van der Waals surface area contributed by atoms with Gasteiger partial charge in [-0.25, -0.2) is 4.39 Å². The molecular weight excluding hydrogens is 245 g/mol. The molecule has 0 unspecified atom stereocenters. The third-order valence-electron chi connectivity index (χ3n) is 3.72. The van der Waals surface area contributed by atoms with Crippen LogP contribution in [0.2, 0.25) is 0 Å². The Hall–Kier alpha value is -1.42. The molecule has 19 heavy (non-hydrogen) atoms. The molecule has 1 saturated carbocycles. The van der Waals surface area contributed by atoms with Gasteiger partial charge < -0.3 is 10.0 Å². The van der Waals surface area contributed by atoms with Crippen molar-refractivity contribution in [2.75, 3.05) is 13.2 Å². The SMILES string of the molecule is O=C(c1ccccc1F)N(CCO)C1CCCCC1. The van der Waals surface area contributed by atoms with Crippen molar-refractivity contribution in [2.45, 2.75) is 38.1 Å². The average Bonchev–Trinajstić information content (AvgIpc) is 2.45. The van der Waals surface area contributed by atoms with Crippen molar-refractivity contribution in [2.24, 2.45) is 0 Å². The van der Waals surface area contributed by atoms with Crippen LogP contribution in [0.3, 0.4) is 0 Å². The van der Waals surface area contributed by atoms with Crippen molar-refractivity contribution >= 4 is 5.91 Å². The predicted octanol–water partition coefficient (Wildman–Crippen LogP) is 2.59. The zero-order chi connectivity index (χ0) is 13.7. The Kier molecular flexibility index (Phi) is 4.91. The number of benzene rings is 1. The highest BCUT2D eigenvalue weighted by atomic mass is 19.1. The largest absolute Gasteiger partial charge is 0.395 e. The smallest absolute Gasteiger partial charge is 0.257 e. The van der Waals surface area contributed by atoms with Gasteiger partial charge in [0.15, 0.2) is 0 Å². The van der Waals surface area contributed by atoms with Crippen LogP contribution in [-0.2, 0) is 0 Å². The van der Waals surface area contributed by atoms with Crippen LogP contribution in [0.5, 0.6) is 0 Å². The van der Waals surface area contributed by atoms with Gasteiger partial charge in [-0.2, -0.15) is 0 Å². The van der Waals surface area contributed by atoms with Gasteiger partial charge in [0.25, 0.3) is 5.91 Å². The predicted molar refractivity (Wildman–Crippen MR) is 71.4 cm³/mol. The van der Waals surface area contributed by atoms with Gasteiger partial charge in [-0.3, -0.25) is 4.79 Å². The lowest BCUT2D eigenvalue weighted by molar-refractivity contribution is 0.0581. The van der Waals surface area contributed by atoms with E-state index in [2.05, 4.69) is 0 Å². The minimum atomic E-state index is -0.494. The van der Waals surface area contributed by atoms with Crippen LogP contribution in [-0.4, -0.2) is 35.1 Å². The van der Waals surface area contributed by atoms with Crippen LogP contribution < -0.4 is 0 Å². The molecule has 0 atom stereocenters. The summed E-state index contributed by atoms with van der Waals surface area (Å²) in [7, 11) is 0.